The summed E-state index contributed by atoms with van der Waals surface area (Å²) in [5.74, 6) is 2.61. The molecule has 3 nitrogen and oxygen atoms in total. The molecule has 1 atom stereocenters. The summed E-state index contributed by atoms with van der Waals surface area (Å²) in [6.07, 6.45) is 5.08. The topological polar surface area (TPSA) is 48.4 Å². The van der Waals surface area contributed by atoms with E-state index >= 15 is 0 Å². The summed E-state index contributed by atoms with van der Waals surface area (Å²) < 4.78 is 11.1. The summed E-state index contributed by atoms with van der Waals surface area (Å²) in [4.78, 5) is 0. The molecular weight excluding hydrogens is 190 g/mol. The maximum absolute atomic E-state index is 6.05. The third-order valence-electron chi connectivity index (χ3n) is 2.61. The second-order valence-corrected chi connectivity index (χ2v) is 3.73. The van der Waals surface area contributed by atoms with Crippen LogP contribution >= 0.6 is 0 Å². The first-order valence-electron chi connectivity index (χ1n) is 5.48. The molecule has 1 aromatic rings. The molecule has 0 fully saturated rings. The van der Waals surface area contributed by atoms with Gasteiger partial charge in [-0.15, -0.1) is 0 Å². The summed E-state index contributed by atoms with van der Waals surface area (Å²) in [7, 11) is 0. The average Bonchev–Trinajstić information content (AvgIpc) is 2.78. The molecule has 0 saturated carbocycles. The third-order valence-corrected chi connectivity index (χ3v) is 2.61. The maximum atomic E-state index is 6.05. The Kier molecular flexibility index (Phi) is 3.11. The Bertz CT molecular complexity index is 354. The number of allylic oxidation sites excluding steroid dienone is 1. The summed E-state index contributed by atoms with van der Waals surface area (Å²) in [5.41, 5.74) is 6.05. The van der Waals surface area contributed by atoms with Crippen molar-refractivity contribution in [2.24, 2.45) is 5.73 Å². The van der Waals surface area contributed by atoms with Gasteiger partial charge in [0.2, 0.25) is 0 Å². The first-order chi connectivity index (χ1) is 7.31. The van der Waals surface area contributed by atoms with Crippen molar-refractivity contribution in [3.05, 3.63) is 35.5 Å². The zero-order chi connectivity index (χ0) is 10.7. The largest absolute Gasteiger partial charge is 0.496 e. The Labute approximate surface area is 89.9 Å². The predicted molar refractivity (Wildman–Crippen MR) is 58.3 cm³/mol. The van der Waals surface area contributed by atoms with Crippen LogP contribution in [-0.2, 0) is 11.2 Å². The van der Waals surface area contributed by atoms with Gasteiger partial charge in [-0.05, 0) is 31.1 Å². The fraction of sp³-hybridized carbons (Fsp3) is 0.500. The van der Waals surface area contributed by atoms with Gasteiger partial charge in [-0.25, -0.2) is 0 Å². The van der Waals surface area contributed by atoms with E-state index in [4.69, 9.17) is 14.9 Å². The van der Waals surface area contributed by atoms with Gasteiger partial charge in [-0.2, -0.15) is 0 Å². The summed E-state index contributed by atoms with van der Waals surface area (Å²) in [5, 5.41) is 0. The molecule has 0 radical (unpaired) electrons. The molecule has 1 aliphatic heterocycles. The van der Waals surface area contributed by atoms with Crippen molar-refractivity contribution in [2.45, 2.75) is 32.2 Å². The van der Waals surface area contributed by atoms with E-state index in [-0.39, 0.29) is 6.04 Å². The molecule has 1 aromatic heterocycles. The van der Waals surface area contributed by atoms with Crippen LogP contribution < -0.4 is 5.73 Å². The van der Waals surface area contributed by atoms with Gasteiger partial charge < -0.3 is 14.9 Å². The number of aryl methyl sites for hydroxylation is 1. The lowest BCUT2D eigenvalue weighted by Crippen LogP contribution is -2.17. The minimum atomic E-state index is -0.245. The van der Waals surface area contributed by atoms with Crippen molar-refractivity contribution in [1.82, 2.24) is 0 Å². The Balaban J connectivity index is 2.12. The summed E-state index contributed by atoms with van der Waals surface area (Å²) in [6.45, 7) is 2.82. The SMILES string of the molecule is CCc1ccc(C(N)C2=CCCCO2)o1. The molecule has 0 bridgehead atoms. The number of nitrogens with two attached hydrogens (primary N) is 1. The molecule has 1 aliphatic rings. The number of ether oxygens (including phenoxy) is 1. The van der Waals surface area contributed by atoms with E-state index < -0.39 is 0 Å². The Morgan fingerprint density at radius 2 is 2.33 bits per heavy atom. The lowest BCUT2D eigenvalue weighted by Gasteiger charge is -2.19. The summed E-state index contributed by atoms with van der Waals surface area (Å²) >= 11 is 0. The molecule has 0 amide bonds. The van der Waals surface area contributed by atoms with Crippen molar-refractivity contribution in [3.8, 4) is 0 Å². The molecule has 0 aromatic carbocycles. The van der Waals surface area contributed by atoms with Gasteiger partial charge in [0.15, 0.2) is 0 Å². The van der Waals surface area contributed by atoms with E-state index in [1.165, 1.54) is 0 Å². The standard InChI is InChI=1S/C12H17NO2/c1-2-9-6-7-11(15-9)12(13)10-5-3-4-8-14-10/h5-7,12H,2-4,8,13H2,1H3. The van der Waals surface area contributed by atoms with Gasteiger partial charge in [0.05, 0.1) is 6.61 Å². The van der Waals surface area contributed by atoms with Crippen LogP contribution in [0.4, 0.5) is 0 Å². The fourth-order valence-electron chi connectivity index (χ4n) is 1.69. The van der Waals surface area contributed by atoms with Crippen LogP contribution in [0.5, 0.6) is 0 Å². The molecule has 1 unspecified atom stereocenters. The highest BCUT2D eigenvalue weighted by atomic mass is 16.5. The lowest BCUT2D eigenvalue weighted by molar-refractivity contribution is 0.170. The molecule has 2 N–H and O–H groups in total. The van der Waals surface area contributed by atoms with E-state index in [1.807, 2.05) is 12.1 Å². The van der Waals surface area contributed by atoms with Crippen molar-refractivity contribution < 1.29 is 9.15 Å². The second kappa shape index (κ2) is 4.53. The van der Waals surface area contributed by atoms with Gasteiger partial charge in [-0.1, -0.05) is 6.92 Å². The zero-order valence-electron chi connectivity index (χ0n) is 9.03. The van der Waals surface area contributed by atoms with E-state index in [0.717, 1.165) is 43.1 Å². The Morgan fingerprint density at radius 1 is 1.47 bits per heavy atom. The quantitative estimate of drug-likeness (QED) is 0.828. The van der Waals surface area contributed by atoms with Crippen molar-refractivity contribution in [3.63, 3.8) is 0 Å². The first kappa shape index (κ1) is 10.3. The van der Waals surface area contributed by atoms with E-state index in [9.17, 15) is 0 Å². The van der Waals surface area contributed by atoms with Crippen LogP contribution in [0.15, 0.2) is 28.4 Å². The Hall–Kier alpha value is -1.22. The normalized spacial score (nSPS) is 18.1. The highest BCUT2D eigenvalue weighted by Crippen LogP contribution is 2.25. The highest BCUT2D eigenvalue weighted by molar-refractivity contribution is 5.19. The number of rotatable bonds is 3. The molecule has 0 spiro atoms. The maximum Gasteiger partial charge on any atom is 0.128 e. The smallest absolute Gasteiger partial charge is 0.128 e. The van der Waals surface area contributed by atoms with Gasteiger partial charge >= 0.3 is 0 Å². The zero-order valence-corrected chi connectivity index (χ0v) is 9.03. The minimum absolute atomic E-state index is 0.245. The number of hydrogen-bond acceptors (Lipinski definition) is 3. The lowest BCUT2D eigenvalue weighted by atomic mass is 10.1. The van der Waals surface area contributed by atoms with Gasteiger partial charge in [0.25, 0.3) is 0 Å². The monoisotopic (exact) mass is 207 g/mol. The van der Waals surface area contributed by atoms with Crippen molar-refractivity contribution >= 4 is 0 Å². The second-order valence-electron chi connectivity index (χ2n) is 3.73. The highest BCUT2D eigenvalue weighted by Gasteiger charge is 2.18. The minimum Gasteiger partial charge on any atom is -0.496 e. The molecule has 2 rings (SSSR count). The van der Waals surface area contributed by atoms with Gasteiger partial charge in [0, 0.05) is 6.42 Å². The molecule has 82 valence electrons. The van der Waals surface area contributed by atoms with Crippen LogP contribution in [0.25, 0.3) is 0 Å². The van der Waals surface area contributed by atoms with Crippen LogP contribution in [0.3, 0.4) is 0 Å². The average molecular weight is 207 g/mol. The number of hydrogen-bond donors (Lipinski definition) is 1. The summed E-state index contributed by atoms with van der Waals surface area (Å²) in [6, 6.07) is 3.66. The molecular formula is C12H17NO2. The molecule has 0 saturated heterocycles. The van der Waals surface area contributed by atoms with Gasteiger partial charge in [0.1, 0.15) is 23.3 Å². The fourth-order valence-corrected chi connectivity index (χ4v) is 1.69. The Morgan fingerprint density at radius 3 is 2.93 bits per heavy atom. The third kappa shape index (κ3) is 2.23. The molecule has 15 heavy (non-hydrogen) atoms. The van der Waals surface area contributed by atoms with Crippen LogP contribution in [0.1, 0.15) is 37.3 Å². The van der Waals surface area contributed by atoms with Gasteiger partial charge in [-0.3, -0.25) is 0 Å². The van der Waals surface area contributed by atoms with E-state index in [2.05, 4.69) is 13.0 Å². The predicted octanol–water partition coefficient (Wildman–Crippen LogP) is 2.54. The van der Waals surface area contributed by atoms with Crippen molar-refractivity contribution in [1.29, 1.82) is 0 Å². The van der Waals surface area contributed by atoms with Crippen LogP contribution in [-0.4, -0.2) is 6.61 Å². The molecule has 2 heterocycles. The van der Waals surface area contributed by atoms with E-state index in [0.29, 0.717) is 0 Å². The number of furan rings is 1. The van der Waals surface area contributed by atoms with E-state index in [1.54, 1.807) is 0 Å². The first-order valence-corrected chi connectivity index (χ1v) is 5.48. The van der Waals surface area contributed by atoms with Crippen LogP contribution in [0, 0.1) is 0 Å². The van der Waals surface area contributed by atoms with Crippen LogP contribution in [0.2, 0.25) is 0 Å². The van der Waals surface area contributed by atoms with Crippen molar-refractivity contribution in [2.75, 3.05) is 6.61 Å². The molecule has 3 heteroatoms. The molecule has 0 aliphatic carbocycles.